The molecule has 0 radical (unpaired) electrons. The number of aliphatic hydroxyl groups excluding tert-OH is 1. The van der Waals surface area contributed by atoms with Gasteiger partial charge in [-0.05, 0) is 37.6 Å². The second kappa shape index (κ2) is 8.28. The predicted molar refractivity (Wildman–Crippen MR) is 99.3 cm³/mol. The van der Waals surface area contributed by atoms with E-state index in [4.69, 9.17) is 0 Å². The molecular formula is C21H26N2O2. The fraction of sp³-hybridized carbons (Fsp3) is 0.381. The van der Waals surface area contributed by atoms with Crippen molar-refractivity contribution in [3.05, 3.63) is 71.3 Å². The largest absolute Gasteiger partial charge is 0.396 e. The van der Waals surface area contributed by atoms with E-state index in [1.165, 1.54) is 5.56 Å². The van der Waals surface area contributed by atoms with Crippen molar-refractivity contribution in [2.75, 3.05) is 19.7 Å². The average molecular weight is 338 g/mol. The summed E-state index contributed by atoms with van der Waals surface area (Å²) in [4.78, 5) is 14.9. The number of aryl methyl sites for hydroxylation is 1. The van der Waals surface area contributed by atoms with Crippen molar-refractivity contribution < 1.29 is 9.90 Å². The SMILES string of the molecule is Cc1cccc(C(=O)NC2CN(Cc3ccccc3)CCC2CO)c1. The van der Waals surface area contributed by atoms with Crippen LogP contribution in [-0.2, 0) is 6.54 Å². The molecule has 0 bridgehead atoms. The van der Waals surface area contributed by atoms with Gasteiger partial charge in [0.2, 0.25) is 0 Å². The molecule has 2 aromatic carbocycles. The summed E-state index contributed by atoms with van der Waals surface area (Å²) >= 11 is 0. The zero-order valence-corrected chi connectivity index (χ0v) is 14.7. The van der Waals surface area contributed by atoms with Gasteiger partial charge in [-0.25, -0.2) is 0 Å². The molecular weight excluding hydrogens is 312 g/mol. The van der Waals surface area contributed by atoms with Crippen LogP contribution in [0.3, 0.4) is 0 Å². The number of likely N-dealkylation sites (tertiary alicyclic amines) is 1. The van der Waals surface area contributed by atoms with Gasteiger partial charge in [0.05, 0.1) is 0 Å². The van der Waals surface area contributed by atoms with E-state index in [0.29, 0.717) is 5.56 Å². The van der Waals surface area contributed by atoms with E-state index in [1.807, 2.05) is 49.4 Å². The van der Waals surface area contributed by atoms with Gasteiger partial charge >= 0.3 is 0 Å². The lowest BCUT2D eigenvalue weighted by atomic mass is 9.91. The van der Waals surface area contributed by atoms with Crippen LogP contribution in [0.15, 0.2) is 54.6 Å². The lowest BCUT2D eigenvalue weighted by Crippen LogP contribution is -2.53. The second-order valence-electron chi connectivity index (χ2n) is 6.90. The van der Waals surface area contributed by atoms with Gasteiger partial charge < -0.3 is 10.4 Å². The first-order valence-electron chi connectivity index (χ1n) is 8.90. The Morgan fingerprint density at radius 2 is 2.00 bits per heavy atom. The van der Waals surface area contributed by atoms with Crippen molar-refractivity contribution in [1.29, 1.82) is 0 Å². The van der Waals surface area contributed by atoms with E-state index in [9.17, 15) is 9.90 Å². The summed E-state index contributed by atoms with van der Waals surface area (Å²) in [5.41, 5.74) is 3.02. The Labute approximate surface area is 149 Å². The monoisotopic (exact) mass is 338 g/mol. The van der Waals surface area contributed by atoms with E-state index >= 15 is 0 Å². The Bertz CT molecular complexity index is 702. The zero-order valence-electron chi connectivity index (χ0n) is 14.7. The van der Waals surface area contributed by atoms with Gasteiger partial charge in [0.1, 0.15) is 0 Å². The fourth-order valence-electron chi connectivity index (χ4n) is 3.47. The number of carbonyl (C=O) groups excluding carboxylic acids is 1. The summed E-state index contributed by atoms with van der Waals surface area (Å²) in [7, 11) is 0. The summed E-state index contributed by atoms with van der Waals surface area (Å²) in [5, 5.41) is 12.8. The quantitative estimate of drug-likeness (QED) is 0.881. The third kappa shape index (κ3) is 4.68. The maximum absolute atomic E-state index is 12.6. The summed E-state index contributed by atoms with van der Waals surface area (Å²) in [6, 6.07) is 17.9. The smallest absolute Gasteiger partial charge is 0.251 e. The van der Waals surface area contributed by atoms with E-state index in [-0.39, 0.29) is 24.5 Å². The second-order valence-corrected chi connectivity index (χ2v) is 6.90. The Balaban J connectivity index is 1.65. The lowest BCUT2D eigenvalue weighted by Gasteiger charge is -2.38. The molecule has 1 aliphatic heterocycles. The van der Waals surface area contributed by atoms with Crippen molar-refractivity contribution in [1.82, 2.24) is 10.2 Å². The molecule has 0 spiro atoms. The molecule has 1 heterocycles. The van der Waals surface area contributed by atoms with Gasteiger partial charge in [-0.3, -0.25) is 9.69 Å². The first kappa shape index (κ1) is 17.6. The van der Waals surface area contributed by atoms with Crippen molar-refractivity contribution in [3.63, 3.8) is 0 Å². The zero-order chi connectivity index (χ0) is 17.6. The molecule has 0 aromatic heterocycles. The number of carbonyl (C=O) groups is 1. The predicted octanol–water partition coefficient (Wildman–Crippen LogP) is 2.61. The van der Waals surface area contributed by atoms with Gasteiger partial charge in [0, 0.05) is 37.2 Å². The van der Waals surface area contributed by atoms with Crippen LogP contribution in [0.4, 0.5) is 0 Å². The van der Waals surface area contributed by atoms with Gasteiger partial charge in [0.15, 0.2) is 0 Å². The number of hydrogen-bond donors (Lipinski definition) is 2. The number of aliphatic hydroxyl groups is 1. The van der Waals surface area contributed by atoms with E-state index < -0.39 is 0 Å². The van der Waals surface area contributed by atoms with Crippen LogP contribution in [0.2, 0.25) is 0 Å². The van der Waals surface area contributed by atoms with E-state index in [1.54, 1.807) is 0 Å². The Morgan fingerprint density at radius 1 is 1.20 bits per heavy atom. The van der Waals surface area contributed by atoms with Gasteiger partial charge in [-0.15, -0.1) is 0 Å². The van der Waals surface area contributed by atoms with Crippen LogP contribution in [0.25, 0.3) is 0 Å². The molecule has 1 aliphatic rings. The van der Waals surface area contributed by atoms with Gasteiger partial charge in [-0.1, -0.05) is 48.0 Å². The summed E-state index contributed by atoms with van der Waals surface area (Å²) in [5.74, 6) is 0.0505. The topological polar surface area (TPSA) is 52.6 Å². The van der Waals surface area contributed by atoms with Crippen LogP contribution in [0.5, 0.6) is 0 Å². The summed E-state index contributed by atoms with van der Waals surface area (Å²) in [6.07, 6.45) is 0.891. The van der Waals surface area contributed by atoms with Gasteiger partial charge in [0.25, 0.3) is 5.91 Å². The standard InChI is InChI=1S/C21H26N2O2/c1-16-6-5-9-18(12-16)21(25)22-20-14-23(11-10-19(20)15-24)13-17-7-3-2-4-8-17/h2-9,12,19-20,24H,10-11,13-15H2,1H3,(H,22,25). The molecule has 0 saturated carbocycles. The molecule has 2 unspecified atom stereocenters. The Kier molecular flexibility index (Phi) is 5.84. The van der Waals surface area contributed by atoms with Crippen molar-refractivity contribution in [3.8, 4) is 0 Å². The molecule has 1 amide bonds. The van der Waals surface area contributed by atoms with Crippen LogP contribution < -0.4 is 5.32 Å². The van der Waals surface area contributed by atoms with Crippen LogP contribution >= 0.6 is 0 Å². The first-order chi connectivity index (χ1) is 12.2. The van der Waals surface area contributed by atoms with Crippen molar-refractivity contribution in [2.24, 2.45) is 5.92 Å². The molecule has 4 heteroatoms. The first-order valence-corrected chi connectivity index (χ1v) is 8.90. The number of hydrogen-bond acceptors (Lipinski definition) is 3. The minimum absolute atomic E-state index is 0.0320. The van der Waals surface area contributed by atoms with Crippen LogP contribution in [-0.4, -0.2) is 41.7 Å². The number of benzene rings is 2. The van der Waals surface area contributed by atoms with E-state index in [0.717, 1.165) is 31.6 Å². The number of rotatable bonds is 5. The molecule has 3 rings (SSSR count). The molecule has 25 heavy (non-hydrogen) atoms. The minimum atomic E-state index is -0.0614. The molecule has 2 N–H and O–H groups in total. The third-order valence-corrected chi connectivity index (χ3v) is 4.92. The molecule has 1 saturated heterocycles. The lowest BCUT2D eigenvalue weighted by molar-refractivity contribution is 0.0730. The number of nitrogens with one attached hydrogen (secondary N) is 1. The highest BCUT2D eigenvalue weighted by molar-refractivity contribution is 5.94. The van der Waals surface area contributed by atoms with Crippen LogP contribution in [0.1, 0.15) is 27.9 Å². The highest BCUT2D eigenvalue weighted by Crippen LogP contribution is 2.20. The average Bonchev–Trinajstić information content (AvgIpc) is 2.63. The van der Waals surface area contributed by atoms with E-state index in [2.05, 4.69) is 22.3 Å². The normalized spacial score (nSPS) is 21.0. The molecule has 2 aromatic rings. The Hall–Kier alpha value is -2.17. The molecule has 132 valence electrons. The summed E-state index contributed by atoms with van der Waals surface area (Å²) in [6.45, 7) is 4.66. The number of amides is 1. The minimum Gasteiger partial charge on any atom is -0.396 e. The highest BCUT2D eigenvalue weighted by atomic mass is 16.3. The number of piperidine rings is 1. The summed E-state index contributed by atoms with van der Waals surface area (Å²) < 4.78 is 0. The molecule has 0 aliphatic carbocycles. The highest BCUT2D eigenvalue weighted by Gasteiger charge is 2.30. The molecule has 4 nitrogen and oxygen atoms in total. The fourth-order valence-corrected chi connectivity index (χ4v) is 3.47. The number of nitrogens with zero attached hydrogens (tertiary/aromatic N) is 1. The third-order valence-electron chi connectivity index (χ3n) is 4.92. The Morgan fingerprint density at radius 3 is 2.72 bits per heavy atom. The van der Waals surface area contributed by atoms with Crippen LogP contribution in [0, 0.1) is 12.8 Å². The van der Waals surface area contributed by atoms with Crippen molar-refractivity contribution >= 4 is 5.91 Å². The van der Waals surface area contributed by atoms with Crippen molar-refractivity contribution in [2.45, 2.75) is 25.9 Å². The maximum Gasteiger partial charge on any atom is 0.251 e. The molecule has 2 atom stereocenters. The van der Waals surface area contributed by atoms with Gasteiger partial charge in [-0.2, -0.15) is 0 Å². The maximum atomic E-state index is 12.6. The molecule has 1 fully saturated rings.